The molecule has 2 saturated carbocycles. The van der Waals surface area contributed by atoms with E-state index in [9.17, 15) is 19.6 Å². The van der Waals surface area contributed by atoms with E-state index in [2.05, 4.69) is 5.18 Å². The lowest BCUT2D eigenvalue weighted by molar-refractivity contribution is -0.313. The minimum Gasteiger partial charge on any atom is -0.454 e. The van der Waals surface area contributed by atoms with Crippen molar-refractivity contribution in [3.8, 4) is 0 Å². The van der Waals surface area contributed by atoms with Gasteiger partial charge in [-0.2, -0.15) is 4.91 Å². The first-order chi connectivity index (χ1) is 13.4. The molecule has 4 rings (SSSR count). The number of carbonyl (C=O) groups excluding carboxylic acids is 2. The molecule has 0 aromatic heterocycles. The maximum absolute atomic E-state index is 13.7. The lowest BCUT2D eigenvalue weighted by Gasteiger charge is -2.64. The van der Waals surface area contributed by atoms with E-state index in [1.54, 1.807) is 6.92 Å². The highest BCUT2D eigenvalue weighted by molar-refractivity contribution is 5.89. The van der Waals surface area contributed by atoms with E-state index < -0.39 is 46.1 Å². The Hall–Kier alpha value is -1.60. The second kappa shape index (κ2) is 6.20. The molecular formula is C22H31NO6. The Kier molecular flexibility index (Phi) is 4.42. The van der Waals surface area contributed by atoms with Crippen molar-refractivity contribution in [1.82, 2.24) is 0 Å². The largest absolute Gasteiger partial charge is 0.454 e. The number of hydrogen-bond acceptors (Lipinski definition) is 7. The monoisotopic (exact) mass is 405 g/mol. The molecule has 3 fully saturated rings. The third kappa shape index (κ3) is 2.49. The Labute approximate surface area is 171 Å². The number of Topliss-reactive ketones (excluding diaryl/α,β-unsaturated/α-hetero) is 1. The predicted octanol–water partition coefficient (Wildman–Crippen LogP) is 3.08. The average Bonchev–Trinajstić information content (AvgIpc) is 2.62. The topological polar surface area (TPSA) is 102 Å². The molecule has 1 N–H and O–H groups in total. The van der Waals surface area contributed by atoms with Crippen LogP contribution in [0.15, 0.2) is 16.3 Å². The second-order valence-corrected chi connectivity index (χ2v) is 10.3. The van der Waals surface area contributed by atoms with Gasteiger partial charge in [-0.3, -0.25) is 9.59 Å². The Balaban J connectivity index is 1.92. The molecule has 0 amide bonds. The van der Waals surface area contributed by atoms with E-state index in [0.29, 0.717) is 6.42 Å². The van der Waals surface area contributed by atoms with Gasteiger partial charge in [0.25, 0.3) is 0 Å². The zero-order chi connectivity index (χ0) is 21.4. The molecule has 6 atom stereocenters. The molecular weight excluding hydrogens is 374 g/mol. The summed E-state index contributed by atoms with van der Waals surface area (Å²) in [6, 6.07) is -0.777. The van der Waals surface area contributed by atoms with Crippen LogP contribution in [0.5, 0.6) is 0 Å². The highest BCUT2D eigenvalue weighted by atomic mass is 16.6. The van der Waals surface area contributed by atoms with Gasteiger partial charge in [-0.05, 0) is 33.1 Å². The molecule has 1 heterocycles. The molecule has 7 nitrogen and oxygen atoms in total. The fourth-order valence-electron chi connectivity index (χ4n) is 6.59. The molecule has 160 valence electrons. The third-order valence-electron chi connectivity index (χ3n) is 8.79. The van der Waals surface area contributed by atoms with Crippen molar-refractivity contribution in [2.24, 2.45) is 21.9 Å². The Bertz CT molecular complexity index is 818. The van der Waals surface area contributed by atoms with Crippen LogP contribution in [0.1, 0.15) is 66.7 Å². The van der Waals surface area contributed by atoms with Crippen LogP contribution in [-0.4, -0.2) is 46.8 Å². The van der Waals surface area contributed by atoms with E-state index in [0.717, 1.165) is 17.6 Å². The van der Waals surface area contributed by atoms with Gasteiger partial charge in [-0.15, -0.1) is 0 Å². The maximum Gasteiger partial charge on any atom is 0.303 e. The SMILES string of the molecule is CC(=O)O[C@@]12CO[C@@H]1C[C@H](N=O)[C@@]1(C)C(=O)CC3=C(C)CC[C@@](O)(CC12)C3(C)C. The number of ether oxygens (including phenoxy) is 2. The Morgan fingerprint density at radius 3 is 2.55 bits per heavy atom. The van der Waals surface area contributed by atoms with Crippen LogP contribution < -0.4 is 0 Å². The van der Waals surface area contributed by atoms with Crippen molar-refractivity contribution >= 4 is 11.8 Å². The van der Waals surface area contributed by atoms with Crippen molar-refractivity contribution in [3.63, 3.8) is 0 Å². The molecule has 0 aromatic rings. The second-order valence-electron chi connectivity index (χ2n) is 10.3. The number of nitrogens with zero attached hydrogens (tertiary/aromatic N) is 1. The van der Waals surface area contributed by atoms with E-state index in [4.69, 9.17) is 9.47 Å². The standard InChI is InChI=1S/C22H31NO6/c1-12-6-7-21(26)10-15-20(5,17(25)8-14(12)19(21,3)4)16(23-27)9-18-22(15,11-28-18)29-13(2)24/h15-16,18,26H,6-11H2,1-5H3/t15?,16-,18+,20-,21+,22+/m0/s1. The first-order valence-electron chi connectivity index (χ1n) is 10.5. The van der Waals surface area contributed by atoms with Gasteiger partial charge in [-0.1, -0.05) is 30.2 Å². The number of carbonyl (C=O) groups is 2. The summed E-state index contributed by atoms with van der Waals surface area (Å²) in [5, 5.41) is 15.2. The van der Waals surface area contributed by atoms with Gasteiger partial charge >= 0.3 is 5.97 Å². The summed E-state index contributed by atoms with van der Waals surface area (Å²) in [5.74, 6) is -1.04. The van der Waals surface area contributed by atoms with Crippen LogP contribution in [0.2, 0.25) is 0 Å². The van der Waals surface area contributed by atoms with Gasteiger partial charge in [0, 0.05) is 31.1 Å². The van der Waals surface area contributed by atoms with Gasteiger partial charge in [0.15, 0.2) is 5.60 Å². The molecule has 7 heteroatoms. The van der Waals surface area contributed by atoms with Crippen molar-refractivity contribution < 1.29 is 24.2 Å². The van der Waals surface area contributed by atoms with Gasteiger partial charge < -0.3 is 14.6 Å². The number of esters is 1. The molecule has 2 bridgehead atoms. The van der Waals surface area contributed by atoms with Crippen LogP contribution in [0.25, 0.3) is 0 Å². The summed E-state index contributed by atoms with van der Waals surface area (Å²) in [4.78, 5) is 37.6. The molecule has 29 heavy (non-hydrogen) atoms. The lowest BCUT2D eigenvalue weighted by Crippen LogP contribution is -2.76. The molecule has 1 aliphatic heterocycles. The van der Waals surface area contributed by atoms with Crippen molar-refractivity contribution in [2.45, 2.75) is 90.1 Å². The zero-order valence-corrected chi connectivity index (χ0v) is 17.9. The quantitative estimate of drug-likeness (QED) is 0.430. The molecule has 3 aliphatic carbocycles. The minimum atomic E-state index is -1.12. The first-order valence-corrected chi connectivity index (χ1v) is 10.5. The third-order valence-corrected chi connectivity index (χ3v) is 8.79. The summed E-state index contributed by atoms with van der Waals surface area (Å²) in [6.07, 6.45) is 1.50. The van der Waals surface area contributed by atoms with E-state index in [-0.39, 0.29) is 31.7 Å². The molecule has 1 saturated heterocycles. The summed E-state index contributed by atoms with van der Waals surface area (Å²) in [5.41, 5.74) is -1.69. The van der Waals surface area contributed by atoms with Gasteiger partial charge in [0.05, 0.1) is 17.6 Å². The van der Waals surface area contributed by atoms with Crippen LogP contribution in [0.3, 0.4) is 0 Å². The number of ketones is 1. The van der Waals surface area contributed by atoms with Crippen molar-refractivity contribution in [2.75, 3.05) is 6.61 Å². The number of fused-ring (bicyclic) bond motifs is 5. The summed E-state index contributed by atoms with van der Waals surface area (Å²) in [6.45, 7) is 9.31. The number of nitroso groups, excluding NO2 is 1. The van der Waals surface area contributed by atoms with Crippen LogP contribution in [-0.2, 0) is 19.1 Å². The van der Waals surface area contributed by atoms with Gasteiger partial charge in [-0.25, -0.2) is 0 Å². The fraction of sp³-hybridized carbons (Fsp3) is 0.818. The number of rotatable bonds is 2. The van der Waals surface area contributed by atoms with Gasteiger partial charge in [0.2, 0.25) is 0 Å². The molecule has 0 radical (unpaired) electrons. The Morgan fingerprint density at radius 2 is 2.00 bits per heavy atom. The Morgan fingerprint density at radius 1 is 1.31 bits per heavy atom. The van der Waals surface area contributed by atoms with Crippen molar-refractivity contribution in [1.29, 1.82) is 0 Å². The molecule has 1 unspecified atom stereocenters. The molecule has 0 aromatic carbocycles. The lowest BCUT2D eigenvalue weighted by atomic mass is 9.46. The smallest absolute Gasteiger partial charge is 0.303 e. The summed E-state index contributed by atoms with van der Waals surface area (Å²) >= 11 is 0. The van der Waals surface area contributed by atoms with Gasteiger partial charge in [0.1, 0.15) is 17.9 Å². The number of hydrogen-bond donors (Lipinski definition) is 1. The number of aliphatic hydroxyl groups is 1. The molecule has 4 aliphatic rings. The van der Waals surface area contributed by atoms with E-state index >= 15 is 0 Å². The molecule has 0 spiro atoms. The number of allylic oxidation sites excluding steroid dienone is 1. The fourth-order valence-corrected chi connectivity index (χ4v) is 6.59. The summed E-state index contributed by atoms with van der Waals surface area (Å²) < 4.78 is 11.5. The van der Waals surface area contributed by atoms with Crippen LogP contribution in [0, 0.1) is 21.7 Å². The predicted molar refractivity (Wildman–Crippen MR) is 105 cm³/mol. The average molecular weight is 405 g/mol. The van der Waals surface area contributed by atoms with Crippen LogP contribution in [0.4, 0.5) is 0 Å². The van der Waals surface area contributed by atoms with Crippen molar-refractivity contribution in [3.05, 3.63) is 16.1 Å². The normalized spacial score (nSPS) is 45.9. The first kappa shape index (κ1) is 20.7. The van der Waals surface area contributed by atoms with E-state index in [1.165, 1.54) is 6.92 Å². The highest BCUT2D eigenvalue weighted by Gasteiger charge is 2.72. The van der Waals surface area contributed by atoms with E-state index in [1.807, 2.05) is 20.8 Å². The zero-order valence-electron chi connectivity index (χ0n) is 17.9. The summed E-state index contributed by atoms with van der Waals surface area (Å²) in [7, 11) is 0. The maximum atomic E-state index is 13.7. The van der Waals surface area contributed by atoms with Crippen LogP contribution >= 0.6 is 0 Å². The highest BCUT2D eigenvalue weighted by Crippen LogP contribution is 2.63. The minimum absolute atomic E-state index is 0.0599.